The Balaban J connectivity index is -0.00000364. The number of methoxy groups -OCH3 is 1. The van der Waals surface area contributed by atoms with Crippen LogP contribution in [0.4, 0.5) is 0 Å². The zero-order chi connectivity index (χ0) is 21.5. The summed E-state index contributed by atoms with van der Waals surface area (Å²) in [4.78, 5) is 60.8. The van der Waals surface area contributed by atoms with Crippen molar-refractivity contribution in [2.24, 2.45) is 5.73 Å². The number of hydrogen-bond acceptors (Lipinski definition) is 8. The zero-order valence-corrected chi connectivity index (χ0v) is 19.3. The number of nitrogens with one attached hydrogen (secondary N) is 2. The fourth-order valence-corrected chi connectivity index (χ4v) is 2.42. The summed E-state index contributed by atoms with van der Waals surface area (Å²) in [6.07, 6.45) is 3.71. The van der Waals surface area contributed by atoms with Crippen LogP contribution in [-0.4, -0.2) is 80.1 Å². The summed E-state index contributed by atoms with van der Waals surface area (Å²) in [5.74, 6) is -2.14. The lowest BCUT2D eigenvalue weighted by molar-refractivity contribution is -0.146. The third-order valence-corrected chi connectivity index (χ3v) is 4.08. The van der Waals surface area contributed by atoms with Gasteiger partial charge in [-0.25, -0.2) is 0 Å². The summed E-state index contributed by atoms with van der Waals surface area (Å²) in [5, 5.41) is 5.17. The molecular weight excluding hydrogens is 439 g/mol. The molecule has 3 unspecified atom stereocenters. The van der Waals surface area contributed by atoms with Crippen LogP contribution in [0.5, 0.6) is 0 Å². The number of carbonyl (C=O) groups is 5. The van der Waals surface area contributed by atoms with Gasteiger partial charge in [0.15, 0.2) is 0 Å². The lowest BCUT2D eigenvalue weighted by Gasteiger charge is -2.32. The topological polar surface area (TPSA) is 148 Å². The predicted octanol–water partition coefficient (Wildman–Crippen LogP) is -0.400. The highest BCUT2D eigenvalue weighted by Gasteiger charge is 2.37. The molecule has 0 saturated heterocycles. The highest BCUT2D eigenvalue weighted by molar-refractivity contribution is 6.00. The fraction of sp³-hybridized carbons (Fsp3) is 0.722. The molecule has 12 heteroatoms. The maximum absolute atomic E-state index is 12.4. The quantitative estimate of drug-likeness (QED) is 0.126. The van der Waals surface area contributed by atoms with E-state index in [-0.39, 0.29) is 31.4 Å². The van der Waals surface area contributed by atoms with Gasteiger partial charge in [0.05, 0.1) is 7.11 Å². The van der Waals surface area contributed by atoms with Crippen LogP contribution in [0.25, 0.3) is 0 Å². The third kappa shape index (κ3) is 11.4. The molecular formula is C18H34Cl2N4O6. The Kier molecular flexibility index (Phi) is 21.1. The average molecular weight is 473 g/mol. The number of ether oxygens (including phenoxy) is 1. The molecule has 0 spiro atoms. The van der Waals surface area contributed by atoms with E-state index in [1.54, 1.807) is 0 Å². The molecule has 30 heavy (non-hydrogen) atoms. The molecule has 2 amide bonds. The van der Waals surface area contributed by atoms with E-state index in [0.717, 1.165) is 24.9 Å². The summed E-state index contributed by atoms with van der Waals surface area (Å²) >= 11 is 0. The molecule has 0 fully saturated rings. The van der Waals surface area contributed by atoms with Crippen molar-refractivity contribution in [3.05, 3.63) is 0 Å². The third-order valence-electron chi connectivity index (χ3n) is 4.08. The van der Waals surface area contributed by atoms with Crippen molar-refractivity contribution in [1.82, 2.24) is 15.5 Å². The fourth-order valence-electron chi connectivity index (χ4n) is 2.42. The molecule has 4 N–H and O–H groups in total. The maximum atomic E-state index is 12.4. The lowest BCUT2D eigenvalue weighted by Crippen LogP contribution is -2.61. The van der Waals surface area contributed by atoms with Crippen LogP contribution < -0.4 is 16.4 Å². The molecule has 0 aromatic carbocycles. The van der Waals surface area contributed by atoms with Crippen LogP contribution in [0.2, 0.25) is 0 Å². The molecule has 0 radical (unpaired) electrons. The first-order chi connectivity index (χ1) is 13.4. The molecule has 0 aliphatic heterocycles. The minimum Gasteiger partial charge on any atom is -0.468 e. The van der Waals surface area contributed by atoms with Crippen molar-refractivity contribution in [2.45, 2.75) is 57.7 Å². The number of aldehydes is 2. The van der Waals surface area contributed by atoms with E-state index >= 15 is 0 Å². The predicted molar refractivity (Wildman–Crippen MR) is 117 cm³/mol. The van der Waals surface area contributed by atoms with Crippen molar-refractivity contribution in [2.75, 3.05) is 26.7 Å². The number of hydrogen-bond donors (Lipinski definition) is 3. The standard InChI is InChI=1S/C18H32N4O6.2ClH/c1-4-6-8-20-16(25)14(11-23)22(10-13(19)18(27)28-3)15(12-24)17(26)21-9-7-5-2;;/h11-15H,4-10,19H2,1-3H3,(H,20,25)(H,21,26);2*1H. The molecule has 3 atom stereocenters. The van der Waals surface area contributed by atoms with Crippen LogP contribution >= 0.6 is 24.8 Å². The zero-order valence-electron chi connectivity index (χ0n) is 17.6. The molecule has 0 aromatic heterocycles. The Morgan fingerprint density at radius 1 is 0.933 bits per heavy atom. The normalized spacial score (nSPS) is 13.0. The molecule has 176 valence electrons. The molecule has 0 rings (SSSR count). The van der Waals surface area contributed by atoms with Gasteiger partial charge in [0.2, 0.25) is 11.8 Å². The van der Waals surface area contributed by atoms with Crippen molar-refractivity contribution in [3.63, 3.8) is 0 Å². The number of unbranched alkanes of at least 4 members (excludes halogenated alkanes) is 2. The minimum absolute atomic E-state index is 0. The van der Waals surface area contributed by atoms with E-state index in [2.05, 4.69) is 15.4 Å². The smallest absolute Gasteiger partial charge is 0.323 e. The average Bonchev–Trinajstić information content (AvgIpc) is 2.68. The summed E-state index contributed by atoms with van der Waals surface area (Å²) in [6.45, 7) is 4.17. The summed E-state index contributed by atoms with van der Waals surface area (Å²) < 4.78 is 4.55. The number of nitrogens with zero attached hydrogens (tertiary/aromatic N) is 1. The number of esters is 1. The summed E-state index contributed by atoms with van der Waals surface area (Å²) in [6, 6.07) is -4.17. The van der Waals surface area contributed by atoms with Crippen LogP contribution in [0.15, 0.2) is 0 Å². The van der Waals surface area contributed by atoms with Crippen LogP contribution in [-0.2, 0) is 28.7 Å². The lowest BCUT2D eigenvalue weighted by atomic mass is 10.1. The second kappa shape index (κ2) is 19.2. The van der Waals surface area contributed by atoms with Crippen molar-refractivity contribution in [1.29, 1.82) is 0 Å². The summed E-state index contributed by atoms with van der Waals surface area (Å²) in [7, 11) is 1.13. The van der Waals surface area contributed by atoms with E-state index < -0.39 is 35.9 Å². The van der Waals surface area contributed by atoms with Crippen LogP contribution in [0.1, 0.15) is 39.5 Å². The van der Waals surface area contributed by atoms with Gasteiger partial charge in [-0.05, 0) is 12.8 Å². The Labute approximate surface area is 189 Å². The van der Waals surface area contributed by atoms with E-state index in [1.165, 1.54) is 0 Å². The van der Waals surface area contributed by atoms with E-state index in [9.17, 15) is 24.0 Å². The minimum atomic E-state index is -1.46. The second-order valence-electron chi connectivity index (χ2n) is 6.28. The maximum Gasteiger partial charge on any atom is 0.323 e. The van der Waals surface area contributed by atoms with Crippen molar-refractivity contribution in [3.8, 4) is 0 Å². The number of amides is 2. The van der Waals surface area contributed by atoms with E-state index in [0.29, 0.717) is 38.5 Å². The number of nitrogens with two attached hydrogens (primary N) is 1. The van der Waals surface area contributed by atoms with Gasteiger partial charge in [-0.3, -0.25) is 19.3 Å². The monoisotopic (exact) mass is 472 g/mol. The van der Waals surface area contributed by atoms with Gasteiger partial charge in [-0.2, -0.15) is 0 Å². The van der Waals surface area contributed by atoms with Gasteiger partial charge in [0.25, 0.3) is 0 Å². The van der Waals surface area contributed by atoms with Crippen LogP contribution in [0.3, 0.4) is 0 Å². The van der Waals surface area contributed by atoms with E-state index in [1.807, 2.05) is 13.8 Å². The molecule has 0 saturated carbocycles. The number of carbonyl (C=O) groups excluding carboxylic acids is 5. The Morgan fingerprint density at radius 3 is 1.63 bits per heavy atom. The van der Waals surface area contributed by atoms with Gasteiger partial charge < -0.3 is 30.7 Å². The van der Waals surface area contributed by atoms with Gasteiger partial charge in [0.1, 0.15) is 30.7 Å². The van der Waals surface area contributed by atoms with Crippen molar-refractivity contribution < 1.29 is 28.7 Å². The summed E-state index contributed by atoms with van der Waals surface area (Å²) in [5.41, 5.74) is 5.75. The highest BCUT2D eigenvalue weighted by Crippen LogP contribution is 2.07. The van der Waals surface area contributed by atoms with Gasteiger partial charge in [0, 0.05) is 19.6 Å². The van der Waals surface area contributed by atoms with Gasteiger partial charge in [-0.15, -0.1) is 24.8 Å². The SMILES string of the molecule is CCCCNC(=O)C(C=O)N(CC(N)C(=O)OC)C(C=O)C(=O)NCCCC.Cl.Cl. The Morgan fingerprint density at radius 2 is 1.33 bits per heavy atom. The first kappa shape index (κ1) is 32.9. The van der Waals surface area contributed by atoms with E-state index in [4.69, 9.17) is 5.73 Å². The second-order valence-corrected chi connectivity index (χ2v) is 6.28. The van der Waals surface area contributed by atoms with Gasteiger partial charge in [-0.1, -0.05) is 26.7 Å². The molecule has 0 aromatic rings. The van der Waals surface area contributed by atoms with Crippen LogP contribution in [0, 0.1) is 0 Å². The first-order valence-corrected chi connectivity index (χ1v) is 9.42. The molecule has 0 aliphatic rings. The molecule has 0 heterocycles. The first-order valence-electron chi connectivity index (χ1n) is 9.42. The molecule has 0 aliphatic carbocycles. The van der Waals surface area contributed by atoms with Gasteiger partial charge >= 0.3 is 5.97 Å². The van der Waals surface area contributed by atoms with Crippen molar-refractivity contribution >= 4 is 55.2 Å². The highest BCUT2D eigenvalue weighted by atomic mass is 35.5. The Hall–Kier alpha value is -1.75. The number of halogens is 2. The largest absolute Gasteiger partial charge is 0.468 e. The molecule has 0 bridgehead atoms. The Bertz CT molecular complexity index is 505. The number of rotatable bonds is 15. The molecule has 10 nitrogen and oxygen atoms in total.